The molecule has 0 fully saturated rings. The Bertz CT molecular complexity index is 419. The van der Waals surface area contributed by atoms with Crippen LogP contribution in [0.1, 0.15) is 25.8 Å². The Morgan fingerprint density at radius 1 is 1.41 bits per heavy atom. The second-order valence-electron chi connectivity index (χ2n) is 4.34. The lowest BCUT2D eigenvalue weighted by Crippen LogP contribution is -2.41. The molecule has 0 aliphatic carbocycles. The summed E-state index contributed by atoms with van der Waals surface area (Å²) < 4.78 is 0. The largest absolute Gasteiger partial charge is 0.347 e. The molecule has 1 rings (SSSR count). The van der Waals surface area contributed by atoms with Gasteiger partial charge in [0.1, 0.15) is 0 Å². The van der Waals surface area contributed by atoms with Gasteiger partial charge in [0, 0.05) is 23.0 Å². The van der Waals surface area contributed by atoms with E-state index in [-0.39, 0.29) is 5.91 Å². The molecule has 0 radical (unpaired) electrons. The minimum Gasteiger partial charge on any atom is -0.347 e. The Morgan fingerprint density at radius 2 is 2.06 bits per heavy atom. The van der Waals surface area contributed by atoms with Crippen LogP contribution in [0, 0.1) is 0 Å². The molecule has 5 heteroatoms. The van der Waals surface area contributed by atoms with E-state index in [9.17, 15) is 4.79 Å². The predicted octanol–water partition coefficient (Wildman–Crippen LogP) is 2.69. The Balaban J connectivity index is 2.92. The molecule has 94 valence electrons. The van der Waals surface area contributed by atoms with Gasteiger partial charge in [-0.15, -0.1) is 0 Å². The first-order valence-corrected chi connectivity index (χ1v) is 6.09. The molecule has 3 nitrogen and oxygen atoms in total. The quantitative estimate of drug-likeness (QED) is 0.887. The molecule has 1 aromatic carbocycles. The molecule has 1 aromatic rings. The summed E-state index contributed by atoms with van der Waals surface area (Å²) in [5.41, 5.74) is 5.61. The number of carbonyl (C=O) groups is 1. The summed E-state index contributed by atoms with van der Waals surface area (Å²) in [5.74, 6) is -0.0940. The van der Waals surface area contributed by atoms with Gasteiger partial charge in [-0.1, -0.05) is 29.3 Å². The van der Waals surface area contributed by atoms with Crippen molar-refractivity contribution in [1.82, 2.24) is 5.32 Å². The first-order chi connectivity index (χ1) is 7.86. The van der Waals surface area contributed by atoms with Crippen LogP contribution in [0.2, 0.25) is 10.0 Å². The lowest BCUT2D eigenvalue weighted by atomic mass is 9.94. The molecule has 0 unspecified atom stereocenters. The highest BCUT2D eigenvalue weighted by atomic mass is 35.5. The van der Waals surface area contributed by atoms with E-state index in [4.69, 9.17) is 28.9 Å². The van der Waals surface area contributed by atoms with Gasteiger partial charge in [-0.3, -0.25) is 4.79 Å². The normalized spacial score (nSPS) is 11.4. The number of halogens is 2. The van der Waals surface area contributed by atoms with Gasteiger partial charge in [0.05, 0.1) is 5.54 Å². The van der Waals surface area contributed by atoms with Crippen molar-refractivity contribution in [1.29, 1.82) is 0 Å². The number of nitrogens with two attached hydrogens (primary N) is 1. The molecule has 0 aliphatic rings. The summed E-state index contributed by atoms with van der Waals surface area (Å²) in [6, 6.07) is 5.22. The average molecular weight is 275 g/mol. The van der Waals surface area contributed by atoms with Gasteiger partial charge in [0.15, 0.2) is 0 Å². The fourth-order valence-electron chi connectivity index (χ4n) is 1.61. The number of hydrogen-bond donors (Lipinski definition) is 2. The van der Waals surface area contributed by atoms with E-state index in [1.165, 1.54) is 0 Å². The van der Waals surface area contributed by atoms with Crippen LogP contribution in [0.25, 0.3) is 0 Å². The molecule has 0 aromatic heterocycles. The van der Waals surface area contributed by atoms with E-state index in [1.807, 2.05) is 19.9 Å². The zero-order valence-corrected chi connectivity index (χ0v) is 11.4. The van der Waals surface area contributed by atoms with Crippen LogP contribution >= 0.6 is 23.2 Å². The van der Waals surface area contributed by atoms with Crippen LogP contribution in [0.15, 0.2) is 18.2 Å². The molecular formula is C12H16Cl2N2O. The van der Waals surface area contributed by atoms with Gasteiger partial charge in [0.2, 0.25) is 5.91 Å². The maximum Gasteiger partial charge on any atom is 0.221 e. The number of benzene rings is 1. The summed E-state index contributed by atoms with van der Waals surface area (Å²) in [7, 11) is 0. The summed E-state index contributed by atoms with van der Waals surface area (Å²) >= 11 is 11.9. The molecule has 0 spiro atoms. The Morgan fingerprint density at radius 3 is 2.59 bits per heavy atom. The van der Waals surface area contributed by atoms with Crippen molar-refractivity contribution in [2.45, 2.75) is 25.8 Å². The Labute approximate surface area is 111 Å². The molecule has 17 heavy (non-hydrogen) atoms. The second-order valence-corrected chi connectivity index (χ2v) is 5.18. The van der Waals surface area contributed by atoms with Gasteiger partial charge < -0.3 is 11.1 Å². The lowest BCUT2D eigenvalue weighted by Gasteiger charge is -2.28. The second kappa shape index (κ2) is 5.71. The lowest BCUT2D eigenvalue weighted by molar-refractivity contribution is -0.122. The number of hydrogen-bond acceptors (Lipinski definition) is 2. The summed E-state index contributed by atoms with van der Waals surface area (Å²) in [6.45, 7) is 4.10. The van der Waals surface area contributed by atoms with Crippen LogP contribution in [-0.2, 0) is 10.3 Å². The third-order valence-corrected chi connectivity index (χ3v) is 2.98. The molecule has 0 bridgehead atoms. The highest BCUT2D eigenvalue weighted by Gasteiger charge is 2.24. The van der Waals surface area contributed by atoms with Gasteiger partial charge in [-0.2, -0.15) is 0 Å². The smallest absolute Gasteiger partial charge is 0.221 e. The molecule has 0 atom stereocenters. The predicted molar refractivity (Wildman–Crippen MR) is 71.3 cm³/mol. The van der Waals surface area contributed by atoms with Crippen LogP contribution in [0.3, 0.4) is 0 Å². The van der Waals surface area contributed by atoms with Crippen LogP contribution in [-0.4, -0.2) is 12.5 Å². The number of nitrogens with one attached hydrogen (secondary N) is 1. The van der Waals surface area contributed by atoms with Crippen molar-refractivity contribution in [3.05, 3.63) is 33.8 Å². The average Bonchev–Trinajstić information content (AvgIpc) is 2.15. The van der Waals surface area contributed by atoms with Crippen LogP contribution < -0.4 is 11.1 Å². The van der Waals surface area contributed by atoms with Crippen LogP contribution in [0.4, 0.5) is 0 Å². The molecule has 0 aliphatic heterocycles. The highest BCUT2D eigenvalue weighted by molar-refractivity contribution is 6.35. The number of carbonyl (C=O) groups excluding carboxylic acids is 1. The topological polar surface area (TPSA) is 55.1 Å². The van der Waals surface area contributed by atoms with Gasteiger partial charge >= 0.3 is 0 Å². The third-order valence-electron chi connectivity index (χ3n) is 2.43. The fourth-order valence-corrected chi connectivity index (χ4v) is 2.25. The molecular weight excluding hydrogens is 259 g/mol. The maximum atomic E-state index is 11.5. The van der Waals surface area contributed by atoms with Crippen molar-refractivity contribution >= 4 is 29.1 Å². The van der Waals surface area contributed by atoms with Gasteiger partial charge in [-0.25, -0.2) is 0 Å². The zero-order chi connectivity index (χ0) is 13.1. The molecule has 1 amide bonds. The first-order valence-electron chi connectivity index (χ1n) is 5.33. The molecule has 0 heterocycles. The fraction of sp³-hybridized carbons (Fsp3) is 0.417. The first kappa shape index (κ1) is 14.3. The van der Waals surface area contributed by atoms with E-state index in [0.717, 1.165) is 5.56 Å². The van der Waals surface area contributed by atoms with E-state index in [2.05, 4.69) is 5.32 Å². The van der Waals surface area contributed by atoms with Crippen molar-refractivity contribution in [2.75, 3.05) is 6.54 Å². The van der Waals surface area contributed by atoms with Crippen molar-refractivity contribution in [2.24, 2.45) is 5.73 Å². The summed E-state index contributed by atoms with van der Waals surface area (Å²) in [5, 5.41) is 4.00. The third kappa shape index (κ3) is 3.87. The van der Waals surface area contributed by atoms with Crippen molar-refractivity contribution < 1.29 is 4.79 Å². The maximum absolute atomic E-state index is 11.5. The molecule has 0 saturated carbocycles. The summed E-state index contributed by atoms with van der Waals surface area (Å²) in [6.07, 6.45) is 0.300. The van der Waals surface area contributed by atoms with Crippen LogP contribution in [0.5, 0.6) is 0 Å². The van der Waals surface area contributed by atoms with E-state index in [1.54, 1.807) is 12.1 Å². The van der Waals surface area contributed by atoms with E-state index >= 15 is 0 Å². The van der Waals surface area contributed by atoms with Crippen molar-refractivity contribution in [3.8, 4) is 0 Å². The standard InChI is InChI=1S/C12H16Cl2N2O/c1-12(2,16-11(17)5-6-15)9-4-3-8(13)7-10(9)14/h3-4,7H,5-6,15H2,1-2H3,(H,16,17). The molecule has 0 saturated heterocycles. The summed E-state index contributed by atoms with van der Waals surface area (Å²) in [4.78, 5) is 11.5. The number of amides is 1. The monoisotopic (exact) mass is 274 g/mol. The molecule has 3 N–H and O–H groups in total. The van der Waals surface area contributed by atoms with Gasteiger partial charge in [-0.05, 0) is 31.5 Å². The number of rotatable bonds is 4. The SMILES string of the molecule is CC(C)(NC(=O)CCN)c1ccc(Cl)cc1Cl. The zero-order valence-electron chi connectivity index (χ0n) is 9.89. The Kier molecular flexibility index (Phi) is 4.80. The minimum atomic E-state index is -0.548. The van der Waals surface area contributed by atoms with Gasteiger partial charge in [0.25, 0.3) is 0 Å². The van der Waals surface area contributed by atoms with Crippen molar-refractivity contribution in [3.63, 3.8) is 0 Å². The minimum absolute atomic E-state index is 0.0940. The van der Waals surface area contributed by atoms with E-state index < -0.39 is 5.54 Å². The Hall–Kier alpha value is -0.770. The van der Waals surface area contributed by atoms with E-state index in [0.29, 0.717) is 23.0 Å². The highest BCUT2D eigenvalue weighted by Crippen LogP contribution is 2.30.